The van der Waals surface area contributed by atoms with E-state index in [0.29, 0.717) is 19.3 Å². The van der Waals surface area contributed by atoms with E-state index in [1.165, 1.54) is 25.7 Å². The molecule has 0 aromatic carbocycles. The maximum Gasteiger partial charge on any atom is 0.472 e. The molecule has 0 saturated carbocycles. The summed E-state index contributed by atoms with van der Waals surface area (Å²) in [6.07, 6.45) is 33.6. The fourth-order valence-corrected chi connectivity index (χ4v) is 4.99. The van der Waals surface area contributed by atoms with Gasteiger partial charge in [-0.1, -0.05) is 120 Å². The van der Waals surface area contributed by atoms with Crippen LogP contribution >= 0.6 is 7.82 Å². The van der Waals surface area contributed by atoms with Crippen LogP contribution in [0.3, 0.4) is 0 Å². The largest absolute Gasteiger partial charge is 0.472 e. The van der Waals surface area contributed by atoms with Gasteiger partial charge in [-0.25, -0.2) is 4.57 Å². The summed E-state index contributed by atoms with van der Waals surface area (Å²) in [5, 5.41) is 18.2. The number of phosphoric acid groups is 1. The van der Waals surface area contributed by atoms with Crippen molar-refractivity contribution in [1.82, 2.24) is 0 Å². The summed E-state index contributed by atoms with van der Waals surface area (Å²) in [7, 11) is -4.62. The van der Waals surface area contributed by atoms with Gasteiger partial charge in [0.25, 0.3) is 0 Å². The summed E-state index contributed by atoms with van der Waals surface area (Å²) in [5.74, 6) is -1.01. The van der Waals surface area contributed by atoms with Crippen LogP contribution in [0, 0.1) is 0 Å². The molecular weight excluding hydrogens is 635 g/mol. The van der Waals surface area contributed by atoms with Gasteiger partial charge in [0.1, 0.15) is 12.7 Å². The van der Waals surface area contributed by atoms with Crippen molar-refractivity contribution in [2.75, 3.05) is 26.4 Å². The number of rotatable bonds is 32. The molecule has 0 aromatic rings. The second kappa shape index (κ2) is 33.2. The molecule has 0 aliphatic rings. The Morgan fingerprint density at radius 2 is 1.15 bits per heavy atom. The quantitative estimate of drug-likeness (QED) is 0.0271. The monoisotopic (exact) mass is 698 g/mol. The van der Waals surface area contributed by atoms with E-state index < -0.39 is 51.8 Å². The van der Waals surface area contributed by atoms with Crippen molar-refractivity contribution >= 4 is 19.8 Å². The molecular formula is C37H63O10P. The lowest BCUT2D eigenvalue weighted by Gasteiger charge is -2.20. The number of hydrogen-bond donors (Lipinski definition) is 3. The van der Waals surface area contributed by atoms with Gasteiger partial charge in [0.05, 0.1) is 19.8 Å². The number of aliphatic hydroxyl groups is 2. The first-order valence-corrected chi connectivity index (χ1v) is 19.2. The van der Waals surface area contributed by atoms with Gasteiger partial charge in [-0.2, -0.15) is 0 Å². The van der Waals surface area contributed by atoms with Gasteiger partial charge >= 0.3 is 19.8 Å². The van der Waals surface area contributed by atoms with E-state index >= 15 is 0 Å². The minimum absolute atomic E-state index is 0.161. The zero-order chi connectivity index (χ0) is 35.6. The molecule has 0 bridgehead atoms. The first-order chi connectivity index (χ1) is 23.2. The number of hydrogen-bond acceptors (Lipinski definition) is 9. The van der Waals surface area contributed by atoms with Crippen molar-refractivity contribution in [3.8, 4) is 0 Å². The van der Waals surface area contributed by atoms with Crippen LogP contribution in [0.4, 0.5) is 0 Å². The third-order valence-electron chi connectivity index (χ3n) is 6.94. The molecule has 3 atom stereocenters. The molecule has 0 fully saturated rings. The van der Waals surface area contributed by atoms with Gasteiger partial charge in [-0.05, 0) is 51.4 Å². The minimum Gasteiger partial charge on any atom is -0.462 e. The Balaban J connectivity index is 4.46. The van der Waals surface area contributed by atoms with Crippen LogP contribution in [0.25, 0.3) is 0 Å². The lowest BCUT2D eigenvalue weighted by atomic mass is 10.1. The molecule has 276 valence electrons. The Kier molecular flexibility index (Phi) is 31.6. The van der Waals surface area contributed by atoms with E-state index in [4.69, 9.17) is 19.1 Å². The summed E-state index contributed by atoms with van der Waals surface area (Å²) in [6.45, 7) is 2.12. The van der Waals surface area contributed by atoms with Crippen LogP contribution < -0.4 is 0 Å². The highest BCUT2D eigenvalue weighted by Crippen LogP contribution is 2.43. The fourth-order valence-electron chi connectivity index (χ4n) is 4.20. The normalized spacial score (nSPS) is 14.9. The third-order valence-corrected chi connectivity index (χ3v) is 7.89. The maximum absolute atomic E-state index is 12.4. The van der Waals surface area contributed by atoms with Gasteiger partial charge in [0, 0.05) is 12.8 Å². The molecule has 0 spiro atoms. The maximum atomic E-state index is 12.4. The van der Waals surface area contributed by atoms with Crippen molar-refractivity contribution in [3.05, 3.63) is 60.8 Å². The second-order valence-corrected chi connectivity index (χ2v) is 13.0. The predicted octanol–water partition coefficient (Wildman–Crippen LogP) is 8.38. The summed E-state index contributed by atoms with van der Waals surface area (Å²) < 4.78 is 32.4. The zero-order valence-corrected chi connectivity index (χ0v) is 30.3. The van der Waals surface area contributed by atoms with Crippen LogP contribution in [0.15, 0.2) is 60.8 Å². The van der Waals surface area contributed by atoms with E-state index in [2.05, 4.69) is 67.0 Å². The third kappa shape index (κ3) is 32.2. The van der Waals surface area contributed by atoms with Gasteiger partial charge in [0.2, 0.25) is 0 Å². The predicted molar refractivity (Wildman–Crippen MR) is 191 cm³/mol. The van der Waals surface area contributed by atoms with E-state index in [9.17, 15) is 24.2 Å². The Bertz CT molecular complexity index is 989. The zero-order valence-electron chi connectivity index (χ0n) is 29.4. The highest BCUT2D eigenvalue weighted by atomic mass is 31.2. The van der Waals surface area contributed by atoms with Crippen LogP contribution in [0.1, 0.15) is 123 Å². The first kappa shape index (κ1) is 45.7. The minimum atomic E-state index is -4.62. The standard InChI is InChI=1S/C37H63O10P/c1-3-5-7-9-11-13-14-15-16-17-18-19-20-21-23-24-26-28-36(40)44-32-35(33-46-48(42,43)45-31-34(39)30-38)47-37(41)29-27-25-22-12-10-8-6-4-2/h5,7,11,13,15-16,18-19,21,23,34-35,38-39H,3-4,6,8-10,12,14,17,20,22,24-33H2,1-2H3,(H,42,43)/b7-5+,13-11+,16-15+,19-18+,23-21+/t34-,35+/m1/s1. The van der Waals surface area contributed by atoms with Gasteiger partial charge in [0.15, 0.2) is 6.10 Å². The molecule has 0 rings (SSSR count). The van der Waals surface area contributed by atoms with E-state index in [1.54, 1.807) is 0 Å². The number of allylic oxidation sites excluding steroid dienone is 10. The highest BCUT2D eigenvalue weighted by Gasteiger charge is 2.27. The molecule has 10 nitrogen and oxygen atoms in total. The van der Waals surface area contributed by atoms with Crippen molar-refractivity contribution in [2.24, 2.45) is 0 Å². The Morgan fingerprint density at radius 1 is 0.646 bits per heavy atom. The number of esters is 2. The van der Waals surface area contributed by atoms with Crippen molar-refractivity contribution in [3.63, 3.8) is 0 Å². The lowest BCUT2D eigenvalue weighted by Crippen LogP contribution is -2.29. The average Bonchev–Trinajstić information content (AvgIpc) is 3.07. The summed E-state index contributed by atoms with van der Waals surface area (Å²) in [4.78, 5) is 34.6. The van der Waals surface area contributed by atoms with Crippen LogP contribution in [-0.4, -0.2) is 65.7 Å². The van der Waals surface area contributed by atoms with E-state index in [0.717, 1.165) is 51.4 Å². The number of phosphoric ester groups is 1. The number of aliphatic hydroxyl groups excluding tert-OH is 2. The molecule has 0 aromatic heterocycles. The van der Waals surface area contributed by atoms with Crippen molar-refractivity contribution in [1.29, 1.82) is 0 Å². The SMILES string of the molecule is CC/C=C/C/C=C/C/C=C/C/C=C/C/C=C/CCCC(=O)OC[C@@H](COP(=O)(O)OC[C@H](O)CO)OC(=O)CCCCCCCCCC. The Hall–Kier alpha value is -2.33. The average molecular weight is 699 g/mol. The molecule has 0 aliphatic heterocycles. The number of carbonyl (C=O) groups excluding carboxylic acids is 2. The smallest absolute Gasteiger partial charge is 0.462 e. The van der Waals surface area contributed by atoms with Gasteiger partial charge in [-0.15, -0.1) is 0 Å². The topological polar surface area (TPSA) is 149 Å². The molecule has 0 aliphatic carbocycles. The first-order valence-electron chi connectivity index (χ1n) is 17.7. The summed E-state index contributed by atoms with van der Waals surface area (Å²) in [5.41, 5.74) is 0. The summed E-state index contributed by atoms with van der Waals surface area (Å²) >= 11 is 0. The fraction of sp³-hybridized carbons (Fsp3) is 0.676. The molecule has 1 unspecified atom stereocenters. The highest BCUT2D eigenvalue weighted by molar-refractivity contribution is 7.47. The van der Waals surface area contributed by atoms with Crippen LogP contribution in [-0.2, 0) is 32.7 Å². The number of unbranched alkanes of at least 4 members (excludes halogenated alkanes) is 8. The van der Waals surface area contributed by atoms with Gasteiger partial charge < -0.3 is 24.6 Å². The van der Waals surface area contributed by atoms with Crippen molar-refractivity contribution < 1.29 is 47.8 Å². The van der Waals surface area contributed by atoms with Crippen LogP contribution in [0.5, 0.6) is 0 Å². The number of carbonyl (C=O) groups is 2. The molecule has 3 N–H and O–H groups in total. The molecule has 0 radical (unpaired) electrons. The Morgan fingerprint density at radius 3 is 1.71 bits per heavy atom. The number of ether oxygens (including phenoxy) is 2. The molecule has 48 heavy (non-hydrogen) atoms. The molecule has 0 saturated heterocycles. The van der Waals surface area contributed by atoms with Gasteiger partial charge in [-0.3, -0.25) is 18.6 Å². The second-order valence-electron chi connectivity index (χ2n) is 11.5. The molecule has 0 heterocycles. The lowest BCUT2D eigenvalue weighted by molar-refractivity contribution is -0.161. The Labute approximate surface area is 289 Å². The van der Waals surface area contributed by atoms with Crippen LogP contribution in [0.2, 0.25) is 0 Å². The molecule has 0 amide bonds. The van der Waals surface area contributed by atoms with E-state index in [1.807, 2.05) is 12.2 Å². The molecule has 11 heteroatoms. The van der Waals surface area contributed by atoms with E-state index in [-0.39, 0.29) is 19.4 Å². The summed E-state index contributed by atoms with van der Waals surface area (Å²) in [6, 6.07) is 0. The van der Waals surface area contributed by atoms with Crippen molar-refractivity contribution in [2.45, 2.75) is 135 Å².